The van der Waals surface area contributed by atoms with E-state index in [0.717, 1.165) is 29.2 Å². The first kappa shape index (κ1) is 21.7. The summed E-state index contributed by atoms with van der Waals surface area (Å²) in [7, 11) is 0. The van der Waals surface area contributed by atoms with Crippen molar-refractivity contribution in [1.82, 2.24) is 20.2 Å². The highest BCUT2D eigenvalue weighted by molar-refractivity contribution is 5.97. The van der Waals surface area contributed by atoms with Gasteiger partial charge in [0.25, 0.3) is 5.91 Å². The summed E-state index contributed by atoms with van der Waals surface area (Å²) in [6.45, 7) is 10.0. The number of benzene rings is 1. The highest BCUT2D eigenvalue weighted by atomic mass is 16.5. The maximum Gasteiger partial charge on any atom is 0.257 e. The van der Waals surface area contributed by atoms with Gasteiger partial charge in [-0.05, 0) is 46.2 Å². The van der Waals surface area contributed by atoms with Crippen LogP contribution in [0.4, 0.5) is 0 Å². The number of nitrogens with one attached hydrogen (secondary N) is 1. The molecule has 160 valence electrons. The van der Waals surface area contributed by atoms with Crippen molar-refractivity contribution in [3.63, 3.8) is 0 Å². The predicted octanol–water partition coefficient (Wildman–Crippen LogP) is 2.80. The van der Waals surface area contributed by atoms with Gasteiger partial charge < -0.3 is 15.0 Å². The van der Waals surface area contributed by atoms with E-state index in [9.17, 15) is 9.59 Å². The van der Waals surface area contributed by atoms with Gasteiger partial charge in [-0.15, -0.1) is 0 Å². The Kier molecular flexibility index (Phi) is 7.03. The molecule has 3 rings (SSSR count). The first-order valence-electron chi connectivity index (χ1n) is 10.6. The molecule has 1 aromatic heterocycles. The smallest absolute Gasteiger partial charge is 0.257 e. The second-order valence-corrected chi connectivity index (χ2v) is 7.53. The molecule has 0 aliphatic carbocycles. The van der Waals surface area contributed by atoms with Crippen LogP contribution >= 0.6 is 0 Å². The minimum atomic E-state index is -0.0251. The standard InChI is InChI=1S/C23H30N4O3/c1-5-24-21(28)13-19-15(3)25-22(26-16(19)4)17-11-12-27(14-17)23(29)18-9-7-8-10-20(18)30-6-2/h7-10,17H,5-6,11-14H2,1-4H3,(H,24,28). The van der Waals surface area contributed by atoms with Gasteiger partial charge in [0, 0.05) is 42.5 Å². The van der Waals surface area contributed by atoms with Crippen molar-refractivity contribution in [2.75, 3.05) is 26.2 Å². The lowest BCUT2D eigenvalue weighted by molar-refractivity contribution is -0.120. The summed E-state index contributed by atoms with van der Waals surface area (Å²) in [5.41, 5.74) is 3.12. The molecule has 2 aromatic rings. The number of likely N-dealkylation sites (N-methyl/N-ethyl adjacent to an activating group) is 1. The Morgan fingerprint density at radius 1 is 1.17 bits per heavy atom. The number of ether oxygens (including phenoxy) is 1. The van der Waals surface area contributed by atoms with Crippen LogP contribution in [0.15, 0.2) is 24.3 Å². The van der Waals surface area contributed by atoms with Gasteiger partial charge in [0.15, 0.2) is 0 Å². The van der Waals surface area contributed by atoms with E-state index in [4.69, 9.17) is 4.74 Å². The normalized spacial score (nSPS) is 15.9. The Morgan fingerprint density at radius 3 is 2.53 bits per heavy atom. The lowest BCUT2D eigenvalue weighted by atomic mass is 10.0. The van der Waals surface area contributed by atoms with E-state index in [0.29, 0.717) is 37.6 Å². The molecule has 1 aliphatic rings. The third-order valence-corrected chi connectivity index (χ3v) is 5.41. The van der Waals surface area contributed by atoms with Crippen LogP contribution in [0.3, 0.4) is 0 Å². The van der Waals surface area contributed by atoms with Gasteiger partial charge in [0.05, 0.1) is 18.6 Å². The fraction of sp³-hybridized carbons (Fsp3) is 0.478. The van der Waals surface area contributed by atoms with Crippen molar-refractivity contribution < 1.29 is 14.3 Å². The molecule has 0 spiro atoms. The number of aromatic nitrogens is 2. The second-order valence-electron chi connectivity index (χ2n) is 7.53. The van der Waals surface area contributed by atoms with Gasteiger partial charge in [-0.3, -0.25) is 9.59 Å². The molecule has 2 amide bonds. The van der Waals surface area contributed by atoms with Crippen LogP contribution in [0.2, 0.25) is 0 Å². The summed E-state index contributed by atoms with van der Waals surface area (Å²) < 4.78 is 5.62. The first-order chi connectivity index (χ1) is 14.4. The van der Waals surface area contributed by atoms with E-state index in [-0.39, 0.29) is 24.2 Å². The van der Waals surface area contributed by atoms with Crippen LogP contribution in [0.25, 0.3) is 0 Å². The van der Waals surface area contributed by atoms with Gasteiger partial charge in [-0.1, -0.05) is 12.1 Å². The lowest BCUT2D eigenvalue weighted by Gasteiger charge is -2.19. The maximum absolute atomic E-state index is 13.1. The predicted molar refractivity (Wildman–Crippen MR) is 115 cm³/mol. The average Bonchev–Trinajstić information content (AvgIpc) is 3.21. The molecular formula is C23H30N4O3. The second kappa shape index (κ2) is 9.69. The van der Waals surface area contributed by atoms with Crippen LogP contribution in [0.5, 0.6) is 5.75 Å². The lowest BCUT2D eigenvalue weighted by Crippen LogP contribution is -2.29. The van der Waals surface area contributed by atoms with Gasteiger partial charge in [0.1, 0.15) is 11.6 Å². The average molecular weight is 411 g/mol. The Balaban J connectivity index is 1.74. The van der Waals surface area contributed by atoms with Crippen LogP contribution in [-0.4, -0.2) is 52.9 Å². The van der Waals surface area contributed by atoms with E-state index in [2.05, 4.69) is 15.3 Å². The highest BCUT2D eigenvalue weighted by Gasteiger charge is 2.31. The fourth-order valence-electron chi connectivity index (χ4n) is 3.87. The highest BCUT2D eigenvalue weighted by Crippen LogP contribution is 2.29. The van der Waals surface area contributed by atoms with Crippen molar-refractivity contribution >= 4 is 11.8 Å². The quantitative estimate of drug-likeness (QED) is 0.759. The molecule has 1 aromatic carbocycles. The number of rotatable bonds is 7. The first-order valence-corrected chi connectivity index (χ1v) is 10.6. The molecule has 1 unspecified atom stereocenters. The maximum atomic E-state index is 13.1. The monoisotopic (exact) mass is 410 g/mol. The molecule has 7 heteroatoms. The van der Waals surface area contributed by atoms with Crippen LogP contribution < -0.4 is 10.1 Å². The van der Waals surface area contributed by atoms with Crippen LogP contribution in [0.1, 0.15) is 59.3 Å². The zero-order chi connectivity index (χ0) is 21.7. The van der Waals surface area contributed by atoms with E-state index in [1.54, 1.807) is 0 Å². The number of aryl methyl sites for hydroxylation is 2. The van der Waals surface area contributed by atoms with Crippen molar-refractivity contribution in [2.45, 2.75) is 46.5 Å². The van der Waals surface area contributed by atoms with E-state index in [1.807, 2.05) is 56.9 Å². The largest absolute Gasteiger partial charge is 0.493 e. The minimum Gasteiger partial charge on any atom is -0.493 e. The van der Waals surface area contributed by atoms with Gasteiger partial charge in [0.2, 0.25) is 5.91 Å². The number of amides is 2. The van der Waals surface area contributed by atoms with Crippen molar-refractivity contribution in [3.05, 3.63) is 52.6 Å². The molecule has 1 atom stereocenters. The number of carbonyl (C=O) groups is 2. The molecule has 1 fully saturated rings. The molecule has 7 nitrogen and oxygen atoms in total. The summed E-state index contributed by atoms with van der Waals surface area (Å²) in [6, 6.07) is 7.36. The van der Waals surface area contributed by atoms with Crippen molar-refractivity contribution in [3.8, 4) is 5.75 Å². The third-order valence-electron chi connectivity index (χ3n) is 5.41. The fourth-order valence-corrected chi connectivity index (χ4v) is 3.87. The Labute approximate surface area is 177 Å². The van der Waals surface area contributed by atoms with Gasteiger partial charge in [-0.25, -0.2) is 9.97 Å². The number of likely N-dealkylation sites (tertiary alicyclic amines) is 1. The number of hydrogen-bond acceptors (Lipinski definition) is 5. The zero-order valence-corrected chi connectivity index (χ0v) is 18.2. The van der Waals surface area contributed by atoms with Crippen molar-refractivity contribution in [1.29, 1.82) is 0 Å². The van der Waals surface area contributed by atoms with Crippen molar-refractivity contribution in [2.24, 2.45) is 0 Å². The number of nitrogens with zero attached hydrogens (tertiary/aromatic N) is 3. The molecule has 0 bridgehead atoms. The summed E-state index contributed by atoms with van der Waals surface area (Å²) in [5, 5.41) is 2.82. The molecular weight excluding hydrogens is 380 g/mol. The SMILES string of the molecule is CCNC(=O)Cc1c(C)nc(C2CCN(C(=O)c3ccccc3OCC)C2)nc1C. The van der Waals surface area contributed by atoms with Crippen LogP contribution in [-0.2, 0) is 11.2 Å². The van der Waals surface area contributed by atoms with Crippen LogP contribution in [0, 0.1) is 13.8 Å². The summed E-state index contributed by atoms with van der Waals surface area (Å²) in [6.07, 6.45) is 1.10. The number of para-hydroxylation sites is 1. The summed E-state index contributed by atoms with van der Waals surface area (Å²) in [4.78, 5) is 36.2. The molecule has 0 saturated carbocycles. The number of hydrogen-bond donors (Lipinski definition) is 1. The molecule has 2 heterocycles. The summed E-state index contributed by atoms with van der Waals surface area (Å²) >= 11 is 0. The molecule has 1 N–H and O–H groups in total. The zero-order valence-electron chi connectivity index (χ0n) is 18.2. The topological polar surface area (TPSA) is 84.4 Å². The molecule has 1 aliphatic heterocycles. The Morgan fingerprint density at radius 2 is 1.87 bits per heavy atom. The molecule has 30 heavy (non-hydrogen) atoms. The Hall–Kier alpha value is -2.96. The van der Waals surface area contributed by atoms with E-state index in [1.165, 1.54) is 0 Å². The van der Waals surface area contributed by atoms with E-state index < -0.39 is 0 Å². The number of carbonyl (C=O) groups excluding carboxylic acids is 2. The summed E-state index contributed by atoms with van der Waals surface area (Å²) in [5.74, 6) is 1.40. The van der Waals surface area contributed by atoms with E-state index >= 15 is 0 Å². The Bertz CT molecular complexity index is 905. The molecule has 0 radical (unpaired) electrons. The minimum absolute atomic E-state index is 0.0225. The molecule has 1 saturated heterocycles. The van der Waals surface area contributed by atoms with Gasteiger partial charge in [-0.2, -0.15) is 0 Å². The third kappa shape index (κ3) is 4.78. The van der Waals surface area contributed by atoms with Gasteiger partial charge >= 0.3 is 0 Å².